The summed E-state index contributed by atoms with van der Waals surface area (Å²) in [6.07, 6.45) is 2.22. The van der Waals surface area contributed by atoms with Gasteiger partial charge in [-0.25, -0.2) is 4.79 Å². The van der Waals surface area contributed by atoms with Gasteiger partial charge in [0.25, 0.3) is 5.91 Å². The molecule has 0 aliphatic heterocycles. The van der Waals surface area contributed by atoms with Gasteiger partial charge in [0.15, 0.2) is 0 Å². The summed E-state index contributed by atoms with van der Waals surface area (Å²) >= 11 is 2.83. The van der Waals surface area contributed by atoms with Gasteiger partial charge >= 0.3 is 5.97 Å². The van der Waals surface area contributed by atoms with E-state index in [0.29, 0.717) is 22.7 Å². The lowest BCUT2D eigenvalue weighted by Gasteiger charge is -2.15. The van der Waals surface area contributed by atoms with Gasteiger partial charge in [-0.2, -0.15) is 11.8 Å². The minimum Gasteiger partial charge on any atom is -0.480 e. The van der Waals surface area contributed by atoms with Crippen LogP contribution in [0.5, 0.6) is 0 Å². The maximum atomic E-state index is 12.4. The van der Waals surface area contributed by atoms with E-state index in [0.717, 1.165) is 10.4 Å². The van der Waals surface area contributed by atoms with Gasteiger partial charge in [-0.15, -0.1) is 11.3 Å². The molecular formula is C14H20N2O4S2. The van der Waals surface area contributed by atoms with Gasteiger partial charge in [-0.3, -0.25) is 9.59 Å². The second kappa shape index (κ2) is 8.19. The number of aryl methyl sites for hydroxylation is 1. The second-order valence-corrected chi connectivity index (χ2v) is 7.02. The van der Waals surface area contributed by atoms with Crippen LogP contribution >= 0.6 is 23.1 Å². The Morgan fingerprint density at radius 1 is 1.32 bits per heavy atom. The minimum absolute atomic E-state index is 0.271. The number of hydrogen-bond donors (Lipinski definition) is 3. The molecule has 1 atom stereocenters. The van der Waals surface area contributed by atoms with E-state index in [-0.39, 0.29) is 5.91 Å². The van der Waals surface area contributed by atoms with Crippen LogP contribution in [0.3, 0.4) is 0 Å². The Balaban J connectivity index is 3.00. The van der Waals surface area contributed by atoms with Crippen molar-refractivity contribution in [1.82, 2.24) is 5.32 Å². The van der Waals surface area contributed by atoms with E-state index in [1.807, 2.05) is 13.2 Å². The van der Waals surface area contributed by atoms with E-state index in [4.69, 9.17) is 0 Å². The van der Waals surface area contributed by atoms with Crippen molar-refractivity contribution in [3.8, 4) is 0 Å². The van der Waals surface area contributed by atoms with Gasteiger partial charge in [0.1, 0.15) is 11.0 Å². The van der Waals surface area contributed by atoms with Gasteiger partial charge in [0.05, 0.1) is 5.56 Å². The Morgan fingerprint density at radius 3 is 2.45 bits per heavy atom. The number of carboxylic acid groups (broad SMARTS) is 1. The average molecular weight is 344 g/mol. The fraction of sp³-hybridized carbons (Fsp3) is 0.500. The van der Waals surface area contributed by atoms with Crippen LogP contribution in [0.25, 0.3) is 0 Å². The molecular weight excluding hydrogens is 324 g/mol. The molecule has 1 aromatic heterocycles. The van der Waals surface area contributed by atoms with E-state index in [1.165, 1.54) is 30.0 Å². The zero-order valence-corrected chi connectivity index (χ0v) is 14.6. The lowest BCUT2D eigenvalue weighted by molar-refractivity contribution is -0.139. The molecule has 1 rings (SSSR count). The lowest BCUT2D eigenvalue weighted by Crippen LogP contribution is -2.41. The SMILES string of the molecule is CSCCC(NC(=O)c1c(NC(C)=O)sc(C)c1C)C(=O)O. The fourth-order valence-corrected chi connectivity index (χ4v) is 3.45. The first kappa shape index (κ1) is 18.5. The third-order valence-corrected chi connectivity index (χ3v) is 4.88. The molecule has 0 radical (unpaired) electrons. The van der Waals surface area contributed by atoms with Crippen molar-refractivity contribution in [2.75, 3.05) is 17.3 Å². The molecule has 1 unspecified atom stereocenters. The predicted octanol–water partition coefficient (Wildman–Crippen LogP) is 2.26. The molecule has 0 fully saturated rings. The number of carbonyl (C=O) groups is 3. The molecule has 0 bridgehead atoms. The van der Waals surface area contributed by atoms with Gasteiger partial charge in [-0.1, -0.05) is 0 Å². The van der Waals surface area contributed by atoms with E-state index < -0.39 is 17.9 Å². The number of rotatable bonds is 7. The number of anilines is 1. The highest BCUT2D eigenvalue weighted by Crippen LogP contribution is 2.32. The molecule has 0 saturated heterocycles. The maximum Gasteiger partial charge on any atom is 0.326 e. The normalized spacial score (nSPS) is 11.8. The monoisotopic (exact) mass is 344 g/mol. The summed E-state index contributed by atoms with van der Waals surface area (Å²) in [5, 5.41) is 14.8. The average Bonchev–Trinajstić information content (AvgIpc) is 2.68. The number of carboxylic acids is 1. The molecule has 1 aromatic rings. The molecule has 2 amide bonds. The molecule has 3 N–H and O–H groups in total. The lowest BCUT2D eigenvalue weighted by atomic mass is 10.1. The standard InChI is InChI=1S/C14H20N2O4S2/c1-7-8(2)22-13(15-9(3)17)11(7)12(18)16-10(14(19)20)5-6-21-4/h10H,5-6H2,1-4H3,(H,15,17)(H,16,18)(H,19,20). The van der Waals surface area contributed by atoms with Crippen LogP contribution in [0.15, 0.2) is 0 Å². The number of hydrogen-bond acceptors (Lipinski definition) is 5. The first-order valence-corrected chi connectivity index (χ1v) is 8.89. The molecule has 1 heterocycles. The highest BCUT2D eigenvalue weighted by atomic mass is 32.2. The molecule has 0 aliphatic rings. The summed E-state index contributed by atoms with van der Waals surface area (Å²) in [5.41, 5.74) is 1.09. The van der Waals surface area contributed by atoms with E-state index in [9.17, 15) is 19.5 Å². The highest BCUT2D eigenvalue weighted by Gasteiger charge is 2.25. The Kier molecular flexibility index (Phi) is 6.89. The molecule has 0 aromatic carbocycles. The first-order valence-electron chi connectivity index (χ1n) is 6.68. The molecule has 0 saturated carbocycles. The molecule has 6 nitrogen and oxygen atoms in total. The summed E-state index contributed by atoms with van der Waals surface area (Å²) < 4.78 is 0. The quantitative estimate of drug-likeness (QED) is 0.705. The maximum absolute atomic E-state index is 12.4. The van der Waals surface area contributed by atoms with Crippen molar-refractivity contribution in [2.24, 2.45) is 0 Å². The van der Waals surface area contributed by atoms with Crippen LogP contribution in [0.2, 0.25) is 0 Å². The van der Waals surface area contributed by atoms with Crippen molar-refractivity contribution in [3.63, 3.8) is 0 Å². The van der Waals surface area contributed by atoms with Gasteiger partial charge < -0.3 is 15.7 Å². The first-order chi connectivity index (χ1) is 10.3. The van der Waals surface area contributed by atoms with Crippen LogP contribution in [0.1, 0.15) is 34.1 Å². The summed E-state index contributed by atoms with van der Waals surface area (Å²) in [7, 11) is 0. The third-order valence-electron chi connectivity index (χ3n) is 3.12. The third kappa shape index (κ3) is 4.74. The zero-order valence-electron chi connectivity index (χ0n) is 13.0. The summed E-state index contributed by atoms with van der Waals surface area (Å²) in [5.74, 6) is -1.17. The number of thiophene rings is 1. The molecule has 0 spiro atoms. The van der Waals surface area contributed by atoms with Crippen LogP contribution in [0, 0.1) is 13.8 Å². The number of aliphatic carboxylic acids is 1. The van der Waals surface area contributed by atoms with Crippen molar-refractivity contribution in [2.45, 2.75) is 33.2 Å². The van der Waals surface area contributed by atoms with E-state index in [2.05, 4.69) is 10.6 Å². The fourth-order valence-electron chi connectivity index (χ4n) is 1.87. The van der Waals surface area contributed by atoms with E-state index in [1.54, 1.807) is 6.92 Å². The van der Waals surface area contributed by atoms with Gasteiger partial charge in [0, 0.05) is 11.8 Å². The summed E-state index contributed by atoms with van der Waals surface area (Å²) in [6, 6.07) is -0.940. The number of amides is 2. The van der Waals surface area contributed by atoms with Crippen molar-refractivity contribution < 1.29 is 19.5 Å². The van der Waals surface area contributed by atoms with Gasteiger partial charge in [-0.05, 0) is 37.8 Å². The molecule has 0 aliphatic carbocycles. The molecule has 8 heteroatoms. The second-order valence-electron chi connectivity index (χ2n) is 4.81. The summed E-state index contributed by atoms with van der Waals surface area (Å²) in [6.45, 7) is 5.00. The summed E-state index contributed by atoms with van der Waals surface area (Å²) in [4.78, 5) is 35.8. The Labute approximate surface area is 137 Å². The number of carbonyl (C=O) groups excluding carboxylic acids is 2. The predicted molar refractivity (Wildman–Crippen MR) is 90.0 cm³/mol. The largest absolute Gasteiger partial charge is 0.480 e. The minimum atomic E-state index is -1.06. The zero-order chi connectivity index (χ0) is 16.9. The Bertz CT molecular complexity index is 584. The van der Waals surface area contributed by atoms with E-state index >= 15 is 0 Å². The number of thioether (sulfide) groups is 1. The number of nitrogens with one attached hydrogen (secondary N) is 2. The molecule has 22 heavy (non-hydrogen) atoms. The van der Waals surface area contributed by atoms with Gasteiger partial charge in [0.2, 0.25) is 5.91 Å². The van der Waals surface area contributed by atoms with Crippen LogP contribution in [0.4, 0.5) is 5.00 Å². The van der Waals surface area contributed by atoms with Crippen LogP contribution < -0.4 is 10.6 Å². The van der Waals surface area contributed by atoms with Crippen LogP contribution in [-0.2, 0) is 9.59 Å². The topological polar surface area (TPSA) is 95.5 Å². The molecule has 122 valence electrons. The smallest absolute Gasteiger partial charge is 0.326 e. The van der Waals surface area contributed by atoms with Crippen molar-refractivity contribution in [1.29, 1.82) is 0 Å². The Hall–Kier alpha value is -1.54. The highest BCUT2D eigenvalue weighted by molar-refractivity contribution is 7.98. The Morgan fingerprint density at radius 2 is 1.95 bits per heavy atom. The van der Waals surface area contributed by atoms with Crippen molar-refractivity contribution in [3.05, 3.63) is 16.0 Å². The van der Waals surface area contributed by atoms with Crippen LogP contribution in [-0.4, -0.2) is 40.9 Å². The van der Waals surface area contributed by atoms with Crippen molar-refractivity contribution >= 4 is 45.9 Å².